The van der Waals surface area contributed by atoms with Crippen LogP contribution in [0.2, 0.25) is 0 Å². The van der Waals surface area contributed by atoms with Gasteiger partial charge >= 0.3 is 17.8 Å². The van der Waals surface area contributed by atoms with Gasteiger partial charge < -0.3 is 14.8 Å². The summed E-state index contributed by atoms with van der Waals surface area (Å²) in [6.45, 7) is 4.01. The van der Waals surface area contributed by atoms with Gasteiger partial charge in [0, 0.05) is 5.69 Å². The molecule has 1 amide bonds. The van der Waals surface area contributed by atoms with Gasteiger partial charge in [-0.15, -0.1) is 0 Å². The predicted molar refractivity (Wildman–Crippen MR) is 72.3 cm³/mol. The molecule has 6 nitrogen and oxygen atoms in total. The van der Waals surface area contributed by atoms with Crippen molar-refractivity contribution in [1.82, 2.24) is 0 Å². The molecule has 0 radical (unpaired) electrons. The van der Waals surface area contributed by atoms with Crippen molar-refractivity contribution < 1.29 is 23.9 Å². The van der Waals surface area contributed by atoms with Crippen molar-refractivity contribution in [3.63, 3.8) is 0 Å². The fourth-order valence-electron chi connectivity index (χ4n) is 1.35. The van der Waals surface area contributed by atoms with Crippen LogP contribution in [0.5, 0.6) is 0 Å². The van der Waals surface area contributed by atoms with Crippen LogP contribution in [-0.2, 0) is 19.1 Å². The van der Waals surface area contributed by atoms with E-state index in [9.17, 15) is 14.4 Å². The molecule has 0 atom stereocenters. The molecular weight excluding hydrogens is 262 g/mol. The molecule has 20 heavy (non-hydrogen) atoms. The summed E-state index contributed by atoms with van der Waals surface area (Å²) in [7, 11) is 0. The molecule has 0 aliphatic carbocycles. The molecule has 1 N–H and O–H groups in total. The van der Waals surface area contributed by atoms with Gasteiger partial charge in [-0.1, -0.05) is 6.92 Å². The number of hydrogen-bond acceptors (Lipinski definition) is 5. The topological polar surface area (TPSA) is 81.7 Å². The maximum Gasteiger partial charge on any atom is 0.397 e. The van der Waals surface area contributed by atoms with Crippen molar-refractivity contribution in [1.29, 1.82) is 0 Å². The Bertz CT molecular complexity index is 481. The van der Waals surface area contributed by atoms with Crippen molar-refractivity contribution in [3.8, 4) is 0 Å². The van der Waals surface area contributed by atoms with Crippen LogP contribution in [0.1, 0.15) is 30.6 Å². The average molecular weight is 279 g/mol. The Morgan fingerprint density at radius 1 is 1.05 bits per heavy atom. The number of ether oxygens (including phenoxy) is 2. The first kappa shape index (κ1) is 15.7. The summed E-state index contributed by atoms with van der Waals surface area (Å²) < 4.78 is 9.52. The smallest absolute Gasteiger partial charge is 0.397 e. The molecule has 0 unspecified atom stereocenters. The normalized spacial score (nSPS) is 9.70. The molecule has 1 aromatic carbocycles. The first-order chi connectivity index (χ1) is 9.58. The Morgan fingerprint density at radius 2 is 1.70 bits per heavy atom. The number of nitrogens with one attached hydrogen (secondary N) is 1. The molecule has 0 aliphatic heterocycles. The van der Waals surface area contributed by atoms with Crippen LogP contribution < -0.4 is 5.32 Å². The van der Waals surface area contributed by atoms with Crippen LogP contribution in [-0.4, -0.2) is 31.1 Å². The summed E-state index contributed by atoms with van der Waals surface area (Å²) in [5.41, 5.74) is 0.780. The summed E-state index contributed by atoms with van der Waals surface area (Å²) in [4.78, 5) is 34.1. The number of carbonyl (C=O) groups is 3. The van der Waals surface area contributed by atoms with E-state index in [2.05, 4.69) is 10.1 Å². The molecule has 108 valence electrons. The van der Waals surface area contributed by atoms with Gasteiger partial charge in [-0.2, -0.15) is 0 Å². The predicted octanol–water partition coefficient (Wildman–Crippen LogP) is 1.75. The van der Waals surface area contributed by atoms with Gasteiger partial charge in [0.05, 0.1) is 18.8 Å². The highest BCUT2D eigenvalue weighted by Gasteiger charge is 2.15. The van der Waals surface area contributed by atoms with Gasteiger partial charge in [-0.3, -0.25) is 4.79 Å². The van der Waals surface area contributed by atoms with E-state index in [0.29, 0.717) is 17.9 Å². The second-order valence-electron chi connectivity index (χ2n) is 3.89. The Balaban J connectivity index is 2.60. The minimum Gasteiger partial charge on any atom is -0.462 e. The number of carbonyl (C=O) groups excluding carboxylic acids is 3. The van der Waals surface area contributed by atoms with Crippen LogP contribution in [0, 0.1) is 0 Å². The molecule has 0 spiro atoms. The van der Waals surface area contributed by atoms with Crippen molar-refractivity contribution in [2.24, 2.45) is 0 Å². The second-order valence-corrected chi connectivity index (χ2v) is 3.89. The zero-order valence-electron chi connectivity index (χ0n) is 11.5. The van der Waals surface area contributed by atoms with Gasteiger partial charge in [0.1, 0.15) is 0 Å². The lowest BCUT2D eigenvalue weighted by atomic mass is 10.2. The first-order valence-corrected chi connectivity index (χ1v) is 6.33. The Labute approximate surface area is 117 Å². The molecular formula is C14H17NO5. The third-order valence-corrected chi connectivity index (χ3v) is 2.28. The van der Waals surface area contributed by atoms with Gasteiger partial charge in [0.15, 0.2) is 0 Å². The van der Waals surface area contributed by atoms with Crippen molar-refractivity contribution in [2.75, 3.05) is 18.5 Å². The summed E-state index contributed by atoms with van der Waals surface area (Å²) in [5.74, 6) is -2.22. The van der Waals surface area contributed by atoms with Gasteiger partial charge in [0.2, 0.25) is 0 Å². The SMILES string of the molecule is CCCOC(=O)c1ccc(NC(=O)C(=O)OCC)cc1. The minimum absolute atomic E-state index is 0.133. The zero-order valence-corrected chi connectivity index (χ0v) is 11.5. The lowest BCUT2D eigenvalue weighted by Gasteiger charge is -2.06. The Morgan fingerprint density at radius 3 is 2.25 bits per heavy atom. The van der Waals surface area contributed by atoms with Gasteiger partial charge in [0.25, 0.3) is 0 Å². The highest BCUT2D eigenvalue weighted by molar-refractivity contribution is 6.37. The average Bonchev–Trinajstić information content (AvgIpc) is 2.45. The first-order valence-electron chi connectivity index (χ1n) is 6.33. The number of hydrogen-bond donors (Lipinski definition) is 1. The Hall–Kier alpha value is -2.37. The van der Waals surface area contributed by atoms with E-state index in [1.165, 1.54) is 24.3 Å². The maximum absolute atomic E-state index is 11.5. The van der Waals surface area contributed by atoms with E-state index in [4.69, 9.17) is 4.74 Å². The highest BCUT2D eigenvalue weighted by Crippen LogP contribution is 2.10. The van der Waals surface area contributed by atoms with Crippen LogP contribution >= 0.6 is 0 Å². The third kappa shape index (κ3) is 4.72. The molecule has 0 bridgehead atoms. The monoisotopic (exact) mass is 279 g/mol. The summed E-state index contributed by atoms with van der Waals surface area (Å²) in [6.07, 6.45) is 0.749. The lowest BCUT2D eigenvalue weighted by Crippen LogP contribution is -2.24. The molecule has 0 fully saturated rings. The quantitative estimate of drug-likeness (QED) is 0.656. The molecule has 1 aromatic rings. The number of rotatable bonds is 5. The minimum atomic E-state index is -0.945. The summed E-state index contributed by atoms with van der Waals surface area (Å²) in [5, 5.41) is 2.37. The fraction of sp³-hybridized carbons (Fsp3) is 0.357. The summed E-state index contributed by atoms with van der Waals surface area (Å²) in [6, 6.07) is 6.05. The lowest BCUT2D eigenvalue weighted by molar-refractivity contribution is -0.152. The zero-order chi connectivity index (χ0) is 15.0. The molecule has 0 saturated carbocycles. The number of esters is 2. The molecule has 0 aliphatic rings. The van der Waals surface area contributed by atoms with E-state index in [0.717, 1.165) is 6.42 Å². The summed E-state index contributed by atoms with van der Waals surface area (Å²) >= 11 is 0. The number of anilines is 1. The third-order valence-electron chi connectivity index (χ3n) is 2.28. The largest absolute Gasteiger partial charge is 0.462 e. The molecule has 1 rings (SSSR count). The number of amides is 1. The molecule has 0 aromatic heterocycles. The van der Waals surface area contributed by atoms with E-state index < -0.39 is 17.8 Å². The van der Waals surface area contributed by atoms with Gasteiger partial charge in [-0.05, 0) is 37.6 Å². The van der Waals surface area contributed by atoms with E-state index in [1.54, 1.807) is 6.92 Å². The standard InChI is InChI=1S/C14H17NO5/c1-3-9-20-13(17)10-5-7-11(8-6-10)15-12(16)14(18)19-4-2/h5-8H,3-4,9H2,1-2H3,(H,15,16). The van der Waals surface area contributed by atoms with Crippen LogP contribution in [0.4, 0.5) is 5.69 Å². The van der Waals surface area contributed by atoms with Crippen LogP contribution in [0.3, 0.4) is 0 Å². The highest BCUT2D eigenvalue weighted by atomic mass is 16.5. The van der Waals surface area contributed by atoms with E-state index >= 15 is 0 Å². The molecule has 6 heteroatoms. The van der Waals surface area contributed by atoms with Gasteiger partial charge in [-0.25, -0.2) is 9.59 Å². The van der Waals surface area contributed by atoms with Crippen molar-refractivity contribution in [3.05, 3.63) is 29.8 Å². The van der Waals surface area contributed by atoms with E-state index in [1.807, 2.05) is 6.92 Å². The molecule has 0 heterocycles. The second kappa shape index (κ2) is 7.93. The van der Waals surface area contributed by atoms with Crippen molar-refractivity contribution in [2.45, 2.75) is 20.3 Å². The maximum atomic E-state index is 11.5. The number of benzene rings is 1. The van der Waals surface area contributed by atoms with Crippen LogP contribution in [0.15, 0.2) is 24.3 Å². The molecule has 0 saturated heterocycles. The van der Waals surface area contributed by atoms with Crippen molar-refractivity contribution >= 4 is 23.5 Å². The van der Waals surface area contributed by atoms with E-state index in [-0.39, 0.29) is 6.61 Å². The fourth-order valence-corrected chi connectivity index (χ4v) is 1.35. The Kier molecular flexibility index (Phi) is 6.22. The van der Waals surface area contributed by atoms with Crippen LogP contribution in [0.25, 0.3) is 0 Å².